The first-order valence-corrected chi connectivity index (χ1v) is 6.35. The number of carbonyl (C=O) groups excluding carboxylic acids is 1. The van der Waals surface area contributed by atoms with E-state index < -0.39 is 0 Å². The molecular weight excluding hydrogens is 212 g/mol. The summed E-state index contributed by atoms with van der Waals surface area (Å²) in [5.41, 5.74) is 1.28. The van der Waals surface area contributed by atoms with Crippen molar-refractivity contribution in [1.29, 1.82) is 0 Å². The van der Waals surface area contributed by atoms with Crippen LogP contribution in [0.4, 0.5) is 0 Å². The van der Waals surface area contributed by atoms with Crippen LogP contribution in [-0.4, -0.2) is 12.1 Å². The highest BCUT2D eigenvalue weighted by molar-refractivity contribution is 5.78. The van der Waals surface area contributed by atoms with Gasteiger partial charge in [-0.3, -0.25) is 4.79 Å². The number of hydrogen-bond acceptors (Lipinski definition) is 2. The molecule has 0 amide bonds. The second-order valence-corrected chi connectivity index (χ2v) is 5.34. The molecule has 92 valence electrons. The number of rotatable bonds is 4. The summed E-state index contributed by atoms with van der Waals surface area (Å²) in [4.78, 5) is 11.2. The standard InChI is InChI=1S/C15H20O2/c1-10(2)9-13(12-7-5-4-6-8-12)14-11(3)15(16)17-14/h4-8,10-11,13-14H,9H2,1-3H3/t11-,13+,14-/m0/s1. The van der Waals surface area contributed by atoms with E-state index in [4.69, 9.17) is 4.74 Å². The lowest BCUT2D eigenvalue weighted by Crippen LogP contribution is -2.47. The van der Waals surface area contributed by atoms with Gasteiger partial charge in [-0.25, -0.2) is 0 Å². The first-order valence-electron chi connectivity index (χ1n) is 6.35. The summed E-state index contributed by atoms with van der Waals surface area (Å²) < 4.78 is 5.33. The maximum atomic E-state index is 11.2. The van der Waals surface area contributed by atoms with Crippen molar-refractivity contribution in [1.82, 2.24) is 0 Å². The van der Waals surface area contributed by atoms with Crippen LogP contribution in [0.25, 0.3) is 0 Å². The Bertz CT molecular complexity index is 383. The van der Waals surface area contributed by atoms with E-state index in [0.29, 0.717) is 11.8 Å². The third kappa shape index (κ3) is 2.51. The molecule has 1 fully saturated rings. The van der Waals surface area contributed by atoms with Crippen LogP contribution in [0, 0.1) is 11.8 Å². The number of cyclic esters (lactones) is 1. The normalized spacial score (nSPS) is 25.3. The summed E-state index contributed by atoms with van der Waals surface area (Å²) in [6.07, 6.45) is 1.12. The fourth-order valence-corrected chi connectivity index (χ4v) is 2.50. The average Bonchev–Trinajstić information content (AvgIpc) is 2.34. The summed E-state index contributed by atoms with van der Waals surface area (Å²) in [7, 11) is 0. The zero-order chi connectivity index (χ0) is 12.4. The molecule has 2 nitrogen and oxygen atoms in total. The molecule has 0 N–H and O–H groups in total. The van der Waals surface area contributed by atoms with E-state index in [1.807, 2.05) is 25.1 Å². The maximum absolute atomic E-state index is 11.2. The number of esters is 1. The molecule has 0 saturated carbocycles. The van der Waals surface area contributed by atoms with E-state index >= 15 is 0 Å². The van der Waals surface area contributed by atoms with Gasteiger partial charge in [-0.1, -0.05) is 44.2 Å². The van der Waals surface area contributed by atoms with Gasteiger partial charge in [-0.2, -0.15) is 0 Å². The summed E-state index contributed by atoms with van der Waals surface area (Å²) >= 11 is 0. The molecule has 0 aromatic heterocycles. The quantitative estimate of drug-likeness (QED) is 0.744. The van der Waals surface area contributed by atoms with Gasteiger partial charge < -0.3 is 4.74 Å². The Hall–Kier alpha value is -1.31. The van der Waals surface area contributed by atoms with Crippen LogP contribution in [0.1, 0.15) is 38.7 Å². The third-order valence-electron chi connectivity index (χ3n) is 3.47. The van der Waals surface area contributed by atoms with Crippen LogP contribution in [-0.2, 0) is 9.53 Å². The van der Waals surface area contributed by atoms with E-state index in [1.54, 1.807) is 0 Å². The smallest absolute Gasteiger partial charge is 0.312 e. The van der Waals surface area contributed by atoms with Gasteiger partial charge in [0.1, 0.15) is 6.10 Å². The summed E-state index contributed by atoms with van der Waals surface area (Å²) in [5, 5.41) is 0. The van der Waals surface area contributed by atoms with E-state index in [1.165, 1.54) is 5.56 Å². The minimum Gasteiger partial charge on any atom is -0.461 e. The van der Waals surface area contributed by atoms with Gasteiger partial charge in [-0.05, 0) is 24.8 Å². The molecule has 0 bridgehead atoms. The lowest BCUT2D eigenvalue weighted by molar-refractivity contribution is -0.186. The highest BCUT2D eigenvalue weighted by atomic mass is 16.6. The molecule has 0 aliphatic carbocycles. The predicted molar refractivity (Wildman–Crippen MR) is 67.7 cm³/mol. The van der Waals surface area contributed by atoms with Crippen LogP contribution in [0.2, 0.25) is 0 Å². The van der Waals surface area contributed by atoms with Gasteiger partial charge in [0.2, 0.25) is 0 Å². The highest BCUT2D eigenvalue weighted by Crippen LogP contribution is 2.38. The van der Waals surface area contributed by atoms with Crippen molar-refractivity contribution in [2.45, 2.75) is 39.2 Å². The van der Waals surface area contributed by atoms with Crippen molar-refractivity contribution in [3.63, 3.8) is 0 Å². The summed E-state index contributed by atoms with van der Waals surface area (Å²) in [6.45, 7) is 6.38. The summed E-state index contributed by atoms with van der Waals surface area (Å²) in [5.74, 6) is 0.925. The Balaban J connectivity index is 2.17. The Morgan fingerprint density at radius 1 is 1.24 bits per heavy atom. The van der Waals surface area contributed by atoms with Crippen molar-refractivity contribution in [3.8, 4) is 0 Å². The molecule has 1 aromatic rings. The molecule has 1 saturated heterocycles. The third-order valence-corrected chi connectivity index (χ3v) is 3.47. The topological polar surface area (TPSA) is 26.3 Å². The zero-order valence-corrected chi connectivity index (χ0v) is 10.7. The Morgan fingerprint density at radius 3 is 2.35 bits per heavy atom. The second-order valence-electron chi connectivity index (χ2n) is 5.34. The highest BCUT2D eigenvalue weighted by Gasteiger charge is 2.44. The number of benzene rings is 1. The molecule has 1 aromatic carbocycles. The fourth-order valence-electron chi connectivity index (χ4n) is 2.50. The minimum absolute atomic E-state index is 0.0407. The van der Waals surface area contributed by atoms with Crippen LogP contribution in [0.5, 0.6) is 0 Å². The zero-order valence-electron chi connectivity index (χ0n) is 10.7. The first-order chi connectivity index (χ1) is 8.09. The van der Waals surface area contributed by atoms with Gasteiger partial charge >= 0.3 is 5.97 Å². The largest absolute Gasteiger partial charge is 0.461 e. The summed E-state index contributed by atoms with van der Waals surface area (Å²) in [6, 6.07) is 10.4. The van der Waals surface area contributed by atoms with Gasteiger partial charge in [-0.15, -0.1) is 0 Å². The van der Waals surface area contributed by atoms with Crippen molar-refractivity contribution >= 4 is 5.97 Å². The fraction of sp³-hybridized carbons (Fsp3) is 0.533. The minimum atomic E-state index is -0.0558. The van der Waals surface area contributed by atoms with Crippen molar-refractivity contribution in [2.24, 2.45) is 11.8 Å². The molecule has 0 radical (unpaired) electrons. The van der Waals surface area contributed by atoms with Crippen LogP contribution in [0.15, 0.2) is 30.3 Å². The van der Waals surface area contributed by atoms with Crippen LogP contribution in [0.3, 0.4) is 0 Å². The van der Waals surface area contributed by atoms with E-state index in [-0.39, 0.29) is 18.0 Å². The number of hydrogen-bond donors (Lipinski definition) is 0. The molecule has 1 aliphatic heterocycles. The van der Waals surface area contributed by atoms with Crippen LogP contribution < -0.4 is 0 Å². The van der Waals surface area contributed by atoms with Gasteiger partial charge in [0, 0.05) is 5.92 Å². The molecule has 1 heterocycles. The van der Waals surface area contributed by atoms with Crippen molar-refractivity contribution in [2.75, 3.05) is 0 Å². The first kappa shape index (κ1) is 12.2. The predicted octanol–water partition coefficient (Wildman–Crippen LogP) is 3.38. The second kappa shape index (κ2) is 4.91. The lowest BCUT2D eigenvalue weighted by Gasteiger charge is -2.39. The monoisotopic (exact) mass is 232 g/mol. The van der Waals surface area contributed by atoms with Crippen molar-refractivity contribution < 1.29 is 9.53 Å². The molecule has 2 rings (SSSR count). The van der Waals surface area contributed by atoms with E-state index in [9.17, 15) is 4.79 Å². The number of carbonyl (C=O) groups is 1. The van der Waals surface area contributed by atoms with Crippen LogP contribution >= 0.6 is 0 Å². The molecule has 3 atom stereocenters. The van der Waals surface area contributed by atoms with Crippen molar-refractivity contribution in [3.05, 3.63) is 35.9 Å². The van der Waals surface area contributed by atoms with Gasteiger partial charge in [0.15, 0.2) is 0 Å². The molecule has 1 aliphatic rings. The van der Waals surface area contributed by atoms with E-state index in [2.05, 4.69) is 26.0 Å². The number of ether oxygens (including phenoxy) is 1. The Kier molecular flexibility index (Phi) is 3.51. The molecule has 0 spiro atoms. The van der Waals surface area contributed by atoms with Gasteiger partial charge in [0.25, 0.3) is 0 Å². The Labute approximate surface area is 103 Å². The molecule has 0 unspecified atom stereocenters. The molecule has 17 heavy (non-hydrogen) atoms. The lowest BCUT2D eigenvalue weighted by atomic mass is 9.79. The SMILES string of the molecule is CC(C)C[C@H](c1ccccc1)[C@H]1OC(=O)[C@H]1C. The van der Waals surface area contributed by atoms with Gasteiger partial charge in [0.05, 0.1) is 5.92 Å². The Morgan fingerprint density at radius 2 is 1.88 bits per heavy atom. The average molecular weight is 232 g/mol. The maximum Gasteiger partial charge on any atom is 0.312 e. The molecular formula is C15H20O2. The van der Waals surface area contributed by atoms with E-state index in [0.717, 1.165) is 6.42 Å². The molecule has 2 heteroatoms.